The second-order valence-corrected chi connectivity index (χ2v) is 4.84. The molecule has 16 heavy (non-hydrogen) atoms. The number of rotatable bonds is 4. The highest BCUT2D eigenvalue weighted by Gasteiger charge is 2.04. The monoisotopic (exact) mass is 232 g/mol. The fraction of sp³-hybridized carbons (Fsp3) is 0.231. The Kier molecular flexibility index (Phi) is 3.47. The van der Waals surface area contributed by atoms with Gasteiger partial charge in [0.25, 0.3) is 0 Å². The third kappa shape index (κ3) is 2.55. The van der Waals surface area contributed by atoms with Crippen molar-refractivity contribution in [3.05, 3.63) is 46.7 Å². The lowest BCUT2D eigenvalue weighted by molar-refractivity contribution is 0.889. The van der Waals surface area contributed by atoms with Crippen LogP contribution in [0.3, 0.4) is 0 Å². The minimum atomic E-state index is 0.844. The van der Waals surface area contributed by atoms with Gasteiger partial charge in [-0.25, -0.2) is 0 Å². The van der Waals surface area contributed by atoms with Gasteiger partial charge < -0.3 is 10.6 Å². The average Bonchev–Trinajstić information content (AvgIpc) is 2.79. The number of benzene rings is 1. The van der Waals surface area contributed by atoms with Crippen LogP contribution in [0.4, 0.5) is 11.4 Å². The number of nitrogens with zero attached hydrogens (tertiary/aromatic N) is 1. The van der Waals surface area contributed by atoms with Crippen molar-refractivity contribution in [2.75, 3.05) is 24.2 Å². The molecule has 0 bridgehead atoms. The molecule has 2 rings (SSSR count). The Morgan fingerprint density at radius 2 is 2.00 bits per heavy atom. The number of nitrogen functional groups attached to an aromatic ring is 1. The van der Waals surface area contributed by atoms with E-state index < -0.39 is 0 Å². The van der Waals surface area contributed by atoms with Gasteiger partial charge in [-0.1, -0.05) is 18.2 Å². The van der Waals surface area contributed by atoms with E-state index in [9.17, 15) is 0 Å². The first-order valence-electron chi connectivity index (χ1n) is 5.35. The summed E-state index contributed by atoms with van der Waals surface area (Å²) in [7, 11) is 2.08. The second-order valence-electron chi connectivity index (χ2n) is 3.81. The number of hydrogen-bond acceptors (Lipinski definition) is 3. The van der Waals surface area contributed by atoms with E-state index in [4.69, 9.17) is 5.73 Å². The molecule has 1 aromatic heterocycles. The number of hydrogen-bond donors (Lipinski definition) is 1. The highest BCUT2D eigenvalue weighted by molar-refractivity contribution is 7.09. The number of thiophene rings is 1. The van der Waals surface area contributed by atoms with E-state index in [0.717, 1.165) is 24.3 Å². The van der Waals surface area contributed by atoms with Crippen LogP contribution < -0.4 is 10.6 Å². The minimum Gasteiger partial charge on any atom is -0.397 e. The minimum absolute atomic E-state index is 0.844. The molecule has 0 aliphatic rings. The van der Waals surface area contributed by atoms with Crippen LogP contribution in [-0.2, 0) is 6.42 Å². The fourth-order valence-electron chi connectivity index (χ4n) is 1.69. The third-order valence-electron chi connectivity index (χ3n) is 2.62. The number of anilines is 2. The summed E-state index contributed by atoms with van der Waals surface area (Å²) < 4.78 is 0. The quantitative estimate of drug-likeness (QED) is 0.821. The summed E-state index contributed by atoms with van der Waals surface area (Å²) in [4.78, 5) is 3.62. The summed E-state index contributed by atoms with van der Waals surface area (Å²) >= 11 is 1.81. The second kappa shape index (κ2) is 5.03. The molecule has 1 aromatic carbocycles. The highest BCUT2D eigenvalue weighted by Crippen LogP contribution is 2.21. The molecule has 0 atom stereocenters. The van der Waals surface area contributed by atoms with Crippen LogP contribution in [0.1, 0.15) is 4.88 Å². The Morgan fingerprint density at radius 3 is 2.69 bits per heavy atom. The van der Waals surface area contributed by atoms with Gasteiger partial charge in [-0.15, -0.1) is 11.3 Å². The molecule has 0 fully saturated rings. The Bertz CT molecular complexity index is 437. The maximum Gasteiger partial charge on any atom is 0.0597 e. The van der Waals surface area contributed by atoms with Crippen LogP contribution in [0.2, 0.25) is 0 Å². The van der Waals surface area contributed by atoms with Gasteiger partial charge in [0.2, 0.25) is 0 Å². The molecule has 0 aliphatic heterocycles. The third-order valence-corrected chi connectivity index (χ3v) is 3.56. The van der Waals surface area contributed by atoms with Crippen LogP contribution in [-0.4, -0.2) is 13.6 Å². The Balaban J connectivity index is 1.98. The van der Waals surface area contributed by atoms with E-state index in [1.165, 1.54) is 4.88 Å². The zero-order chi connectivity index (χ0) is 11.4. The van der Waals surface area contributed by atoms with Crippen molar-refractivity contribution in [1.82, 2.24) is 0 Å². The van der Waals surface area contributed by atoms with Gasteiger partial charge >= 0.3 is 0 Å². The summed E-state index contributed by atoms with van der Waals surface area (Å²) in [6, 6.07) is 12.3. The lowest BCUT2D eigenvalue weighted by atomic mass is 10.2. The van der Waals surface area contributed by atoms with Crippen molar-refractivity contribution in [3.63, 3.8) is 0 Å². The van der Waals surface area contributed by atoms with Crippen molar-refractivity contribution in [3.8, 4) is 0 Å². The average molecular weight is 232 g/mol. The van der Waals surface area contributed by atoms with Crippen molar-refractivity contribution in [1.29, 1.82) is 0 Å². The molecule has 0 aliphatic carbocycles. The zero-order valence-corrected chi connectivity index (χ0v) is 10.2. The van der Waals surface area contributed by atoms with Gasteiger partial charge in [-0.3, -0.25) is 0 Å². The summed E-state index contributed by atoms with van der Waals surface area (Å²) in [5, 5.41) is 2.12. The lowest BCUT2D eigenvalue weighted by Crippen LogP contribution is -2.20. The van der Waals surface area contributed by atoms with Crippen molar-refractivity contribution >= 4 is 22.7 Å². The fourth-order valence-corrected chi connectivity index (χ4v) is 2.39. The Morgan fingerprint density at radius 1 is 1.19 bits per heavy atom. The smallest absolute Gasteiger partial charge is 0.0597 e. The van der Waals surface area contributed by atoms with Gasteiger partial charge in [0, 0.05) is 18.5 Å². The van der Waals surface area contributed by atoms with E-state index in [2.05, 4.69) is 35.5 Å². The molecule has 1 heterocycles. The Hall–Kier alpha value is -1.48. The van der Waals surface area contributed by atoms with Gasteiger partial charge in [0.15, 0.2) is 0 Å². The molecule has 3 heteroatoms. The van der Waals surface area contributed by atoms with E-state index in [1.807, 2.05) is 18.2 Å². The zero-order valence-electron chi connectivity index (χ0n) is 9.39. The van der Waals surface area contributed by atoms with Gasteiger partial charge in [0.05, 0.1) is 11.4 Å². The maximum atomic E-state index is 5.93. The van der Waals surface area contributed by atoms with Crippen LogP contribution in [0.5, 0.6) is 0 Å². The topological polar surface area (TPSA) is 29.3 Å². The first-order valence-corrected chi connectivity index (χ1v) is 6.23. The SMILES string of the molecule is CN(CCc1cccs1)c1ccccc1N. The van der Waals surface area contributed by atoms with Crippen molar-refractivity contribution in [2.45, 2.75) is 6.42 Å². The molecule has 2 N–H and O–H groups in total. The number of para-hydroxylation sites is 2. The highest BCUT2D eigenvalue weighted by atomic mass is 32.1. The molecule has 2 nitrogen and oxygen atoms in total. The first kappa shape index (κ1) is 11.0. The molecule has 0 saturated carbocycles. The molecule has 0 saturated heterocycles. The number of likely N-dealkylation sites (N-methyl/N-ethyl adjacent to an activating group) is 1. The van der Waals surface area contributed by atoms with Crippen LogP contribution in [0.25, 0.3) is 0 Å². The van der Waals surface area contributed by atoms with E-state index in [-0.39, 0.29) is 0 Å². The maximum absolute atomic E-state index is 5.93. The molecular weight excluding hydrogens is 216 g/mol. The summed E-state index contributed by atoms with van der Waals surface area (Å²) in [5.74, 6) is 0. The van der Waals surface area contributed by atoms with Gasteiger partial charge in [-0.2, -0.15) is 0 Å². The first-order chi connectivity index (χ1) is 7.77. The molecule has 0 spiro atoms. The van der Waals surface area contributed by atoms with Crippen LogP contribution in [0.15, 0.2) is 41.8 Å². The van der Waals surface area contributed by atoms with Crippen molar-refractivity contribution < 1.29 is 0 Å². The van der Waals surface area contributed by atoms with Gasteiger partial charge in [0.1, 0.15) is 0 Å². The van der Waals surface area contributed by atoms with Gasteiger partial charge in [-0.05, 0) is 30.0 Å². The molecule has 2 aromatic rings. The number of nitrogens with two attached hydrogens (primary N) is 1. The normalized spacial score (nSPS) is 10.3. The lowest BCUT2D eigenvalue weighted by Gasteiger charge is -2.20. The molecule has 0 radical (unpaired) electrons. The standard InChI is InChI=1S/C13H16N2S/c1-15(9-8-11-5-4-10-16-11)13-7-3-2-6-12(13)14/h2-7,10H,8-9,14H2,1H3. The summed E-state index contributed by atoms with van der Waals surface area (Å²) in [5.41, 5.74) is 7.89. The largest absolute Gasteiger partial charge is 0.397 e. The van der Waals surface area contributed by atoms with Crippen LogP contribution in [0, 0.1) is 0 Å². The van der Waals surface area contributed by atoms with E-state index >= 15 is 0 Å². The molecule has 0 amide bonds. The predicted octanol–water partition coefficient (Wildman–Crippen LogP) is 3.01. The molecular formula is C13H16N2S. The van der Waals surface area contributed by atoms with E-state index in [0.29, 0.717) is 0 Å². The predicted molar refractivity (Wildman–Crippen MR) is 72.1 cm³/mol. The summed E-state index contributed by atoms with van der Waals surface area (Å²) in [6.45, 7) is 0.995. The molecule has 0 unspecified atom stereocenters. The van der Waals surface area contributed by atoms with Crippen molar-refractivity contribution in [2.24, 2.45) is 0 Å². The molecule has 84 valence electrons. The van der Waals surface area contributed by atoms with E-state index in [1.54, 1.807) is 11.3 Å². The summed E-state index contributed by atoms with van der Waals surface area (Å²) in [6.07, 6.45) is 1.07. The Labute approximate surface area is 100 Å². The van der Waals surface area contributed by atoms with Crippen LogP contribution >= 0.6 is 11.3 Å².